The monoisotopic (exact) mass is 376 g/mol. The molecule has 0 unspecified atom stereocenters. The first kappa shape index (κ1) is 17.5. The summed E-state index contributed by atoms with van der Waals surface area (Å²) in [6.07, 6.45) is 0. The second-order valence-electron chi connectivity index (χ2n) is 5.47. The number of fused-ring (bicyclic) bond motifs is 1. The van der Waals surface area contributed by atoms with Crippen LogP contribution >= 0.6 is 22.9 Å². The lowest BCUT2D eigenvalue weighted by molar-refractivity contribution is 0.0994. The van der Waals surface area contributed by atoms with Crippen LogP contribution in [0.25, 0.3) is 10.2 Å². The minimum atomic E-state index is -0.387. The van der Waals surface area contributed by atoms with Crippen LogP contribution in [-0.2, 0) is 7.05 Å². The average Bonchev–Trinajstić information content (AvgIpc) is 2.89. The van der Waals surface area contributed by atoms with Crippen LogP contribution in [0, 0.1) is 6.92 Å². The van der Waals surface area contributed by atoms with Crippen LogP contribution in [0.15, 0.2) is 35.3 Å². The number of nitrogens with zero attached hydrogens (tertiary/aromatic N) is 2. The van der Waals surface area contributed by atoms with Gasteiger partial charge in [-0.05, 0) is 36.8 Å². The van der Waals surface area contributed by atoms with Crippen LogP contribution in [0.2, 0.25) is 5.02 Å². The Morgan fingerprint density at radius 1 is 1.24 bits per heavy atom. The number of carbonyl (C=O) groups is 1. The molecule has 1 amide bonds. The number of para-hydroxylation sites is 1. The number of amides is 1. The van der Waals surface area contributed by atoms with Crippen molar-refractivity contribution in [1.82, 2.24) is 4.57 Å². The summed E-state index contributed by atoms with van der Waals surface area (Å²) in [5, 5.41) is 0.666. The number of halogens is 1. The van der Waals surface area contributed by atoms with Gasteiger partial charge in [0.05, 0.1) is 30.0 Å². The number of carbonyl (C=O) groups excluding carboxylic acids is 1. The molecular formula is C18H17ClN2O3S. The summed E-state index contributed by atoms with van der Waals surface area (Å²) in [6.45, 7) is 1.98. The molecule has 7 heteroatoms. The molecule has 1 aromatic heterocycles. The lowest BCUT2D eigenvalue weighted by Crippen LogP contribution is -2.14. The molecule has 2 aromatic carbocycles. The van der Waals surface area contributed by atoms with E-state index < -0.39 is 0 Å². The molecule has 0 aliphatic heterocycles. The summed E-state index contributed by atoms with van der Waals surface area (Å²) in [4.78, 5) is 17.6. The van der Waals surface area contributed by atoms with Gasteiger partial charge >= 0.3 is 0 Å². The van der Waals surface area contributed by atoms with Crippen molar-refractivity contribution >= 4 is 39.1 Å². The Balaban J connectivity index is 2.16. The summed E-state index contributed by atoms with van der Waals surface area (Å²) in [5.74, 6) is 0.482. The lowest BCUT2D eigenvalue weighted by atomic mass is 10.2. The van der Waals surface area contributed by atoms with E-state index >= 15 is 0 Å². The number of aryl methyl sites for hydroxylation is 2. The molecule has 0 saturated carbocycles. The van der Waals surface area contributed by atoms with E-state index in [1.165, 1.54) is 25.6 Å². The highest BCUT2D eigenvalue weighted by Crippen LogP contribution is 2.31. The third-order valence-corrected chi connectivity index (χ3v) is 5.18. The summed E-state index contributed by atoms with van der Waals surface area (Å²) in [6, 6.07) is 8.92. The molecule has 0 aliphatic rings. The Kier molecular flexibility index (Phi) is 4.83. The van der Waals surface area contributed by atoms with Crippen molar-refractivity contribution in [2.75, 3.05) is 14.2 Å². The fraction of sp³-hybridized carbons (Fsp3) is 0.222. The molecule has 0 atom stereocenters. The van der Waals surface area contributed by atoms with Crippen molar-refractivity contribution in [1.29, 1.82) is 0 Å². The number of aromatic nitrogens is 1. The van der Waals surface area contributed by atoms with Gasteiger partial charge in [-0.15, -0.1) is 0 Å². The van der Waals surface area contributed by atoms with Crippen LogP contribution in [0.3, 0.4) is 0 Å². The van der Waals surface area contributed by atoms with E-state index in [0.717, 1.165) is 15.8 Å². The van der Waals surface area contributed by atoms with Gasteiger partial charge in [0.1, 0.15) is 0 Å². The Morgan fingerprint density at radius 3 is 2.68 bits per heavy atom. The zero-order chi connectivity index (χ0) is 18.1. The second-order valence-corrected chi connectivity index (χ2v) is 6.92. The highest BCUT2D eigenvalue weighted by molar-refractivity contribution is 7.16. The Labute approximate surface area is 154 Å². The van der Waals surface area contributed by atoms with Crippen molar-refractivity contribution < 1.29 is 14.3 Å². The van der Waals surface area contributed by atoms with E-state index in [-0.39, 0.29) is 5.91 Å². The predicted octanol–water partition coefficient (Wildman–Crippen LogP) is 3.96. The molecule has 0 N–H and O–H groups in total. The first-order valence-corrected chi connectivity index (χ1v) is 8.71. The van der Waals surface area contributed by atoms with Crippen molar-refractivity contribution in [2.45, 2.75) is 6.92 Å². The first-order valence-electron chi connectivity index (χ1n) is 7.52. The number of hydrogen-bond donors (Lipinski definition) is 0. The maximum atomic E-state index is 12.7. The minimum Gasteiger partial charge on any atom is -0.493 e. The number of thiazole rings is 1. The predicted molar refractivity (Wildman–Crippen MR) is 100.0 cm³/mol. The molecule has 5 nitrogen and oxygen atoms in total. The number of hydrogen-bond acceptors (Lipinski definition) is 4. The van der Waals surface area contributed by atoms with Gasteiger partial charge in [0.15, 0.2) is 16.3 Å². The maximum absolute atomic E-state index is 12.7. The maximum Gasteiger partial charge on any atom is 0.283 e. The van der Waals surface area contributed by atoms with Crippen LogP contribution in [0.4, 0.5) is 0 Å². The number of methoxy groups -OCH3 is 2. The van der Waals surface area contributed by atoms with Gasteiger partial charge in [-0.25, -0.2) is 0 Å². The van der Waals surface area contributed by atoms with E-state index in [2.05, 4.69) is 4.99 Å². The van der Waals surface area contributed by atoms with Gasteiger partial charge in [0.2, 0.25) is 0 Å². The van der Waals surface area contributed by atoms with Crippen LogP contribution in [0.5, 0.6) is 11.5 Å². The molecule has 0 bridgehead atoms. The van der Waals surface area contributed by atoms with Crippen molar-refractivity contribution in [3.05, 3.63) is 51.3 Å². The number of ether oxygens (including phenoxy) is 2. The van der Waals surface area contributed by atoms with Crippen LogP contribution in [-0.4, -0.2) is 24.7 Å². The molecular weight excluding hydrogens is 360 g/mol. The van der Waals surface area contributed by atoms with E-state index in [0.29, 0.717) is 26.9 Å². The van der Waals surface area contributed by atoms with Crippen molar-refractivity contribution in [3.8, 4) is 11.5 Å². The van der Waals surface area contributed by atoms with Crippen LogP contribution in [0.1, 0.15) is 15.9 Å². The molecule has 0 spiro atoms. The quantitative estimate of drug-likeness (QED) is 0.695. The molecule has 0 fully saturated rings. The highest BCUT2D eigenvalue weighted by Gasteiger charge is 2.16. The highest BCUT2D eigenvalue weighted by atomic mass is 35.5. The van der Waals surface area contributed by atoms with Gasteiger partial charge in [-0.2, -0.15) is 4.99 Å². The second kappa shape index (κ2) is 6.90. The summed E-state index contributed by atoms with van der Waals surface area (Å²) in [7, 11) is 4.91. The fourth-order valence-electron chi connectivity index (χ4n) is 2.78. The lowest BCUT2D eigenvalue weighted by Gasteiger charge is -2.09. The molecule has 3 rings (SSSR count). The zero-order valence-electron chi connectivity index (χ0n) is 14.3. The van der Waals surface area contributed by atoms with E-state index in [4.69, 9.17) is 21.1 Å². The van der Waals surface area contributed by atoms with E-state index in [1.807, 2.05) is 30.7 Å². The molecule has 3 aromatic rings. The minimum absolute atomic E-state index is 0.356. The van der Waals surface area contributed by atoms with E-state index in [1.54, 1.807) is 18.2 Å². The van der Waals surface area contributed by atoms with Crippen molar-refractivity contribution in [3.63, 3.8) is 0 Å². The molecule has 0 radical (unpaired) electrons. The average molecular weight is 377 g/mol. The van der Waals surface area contributed by atoms with Gasteiger partial charge in [-0.1, -0.05) is 29.0 Å². The van der Waals surface area contributed by atoms with Crippen LogP contribution < -0.4 is 14.3 Å². The van der Waals surface area contributed by atoms with Gasteiger partial charge in [0, 0.05) is 12.1 Å². The zero-order valence-corrected chi connectivity index (χ0v) is 15.9. The normalized spacial score (nSPS) is 11.8. The van der Waals surface area contributed by atoms with Gasteiger partial charge < -0.3 is 14.0 Å². The fourth-order valence-corrected chi connectivity index (χ4v) is 4.25. The number of rotatable bonds is 3. The summed E-state index contributed by atoms with van der Waals surface area (Å²) in [5.41, 5.74) is 2.40. The summed E-state index contributed by atoms with van der Waals surface area (Å²) < 4.78 is 13.4. The van der Waals surface area contributed by atoms with Gasteiger partial charge in [-0.3, -0.25) is 4.79 Å². The first-order chi connectivity index (χ1) is 12.0. The number of benzene rings is 2. The third kappa shape index (κ3) is 3.15. The standard InChI is InChI=1S/C18H17ClN2O3S/c1-10-8-11(19)9-14-15(10)21(2)18(25-14)20-17(22)12-6-5-7-13(23-3)16(12)24-4/h5-9H,1-4H3. The third-order valence-electron chi connectivity index (χ3n) is 3.88. The molecule has 0 saturated heterocycles. The van der Waals surface area contributed by atoms with Gasteiger partial charge in [0.25, 0.3) is 5.91 Å². The van der Waals surface area contributed by atoms with Crippen molar-refractivity contribution in [2.24, 2.45) is 12.0 Å². The van der Waals surface area contributed by atoms with E-state index in [9.17, 15) is 4.79 Å². The SMILES string of the molecule is COc1cccc(C(=O)N=c2sc3cc(Cl)cc(C)c3n2C)c1OC. The summed E-state index contributed by atoms with van der Waals surface area (Å²) >= 11 is 7.55. The molecule has 25 heavy (non-hydrogen) atoms. The topological polar surface area (TPSA) is 52.8 Å². The smallest absolute Gasteiger partial charge is 0.283 e. The molecule has 0 aliphatic carbocycles. The Morgan fingerprint density at radius 2 is 2.00 bits per heavy atom. The Bertz CT molecular complexity index is 1040. The molecule has 130 valence electrons. The Hall–Kier alpha value is -2.31. The largest absolute Gasteiger partial charge is 0.493 e. The molecule has 1 heterocycles.